The summed E-state index contributed by atoms with van der Waals surface area (Å²) < 4.78 is 22.7. The lowest BCUT2D eigenvalue weighted by Gasteiger charge is -2.36. The van der Waals surface area contributed by atoms with Crippen molar-refractivity contribution in [1.29, 1.82) is 0 Å². The highest BCUT2D eigenvalue weighted by atomic mass is 16.6. The van der Waals surface area contributed by atoms with Crippen LogP contribution in [-0.2, 0) is 14.3 Å². The van der Waals surface area contributed by atoms with Crippen molar-refractivity contribution in [2.24, 2.45) is 5.92 Å². The number of fused-ring (bicyclic) bond motifs is 1. The summed E-state index contributed by atoms with van der Waals surface area (Å²) in [5.41, 5.74) is -0.0755. The fraction of sp³-hybridized carbons (Fsp3) is 0.333. The number of ether oxygens (including phenoxy) is 4. The van der Waals surface area contributed by atoms with Gasteiger partial charge in [0.25, 0.3) is 5.69 Å². The Morgan fingerprint density at radius 2 is 1.94 bits per heavy atom. The normalized spacial score (nSPS) is 21.8. The van der Waals surface area contributed by atoms with E-state index in [-0.39, 0.29) is 22.8 Å². The van der Waals surface area contributed by atoms with Gasteiger partial charge in [-0.25, -0.2) is 4.79 Å². The van der Waals surface area contributed by atoms with E-state index in [4.69, 9.17) is 18.9 Å². The van der Waals surface area contributed by atoms with Crippen LogP contribution in [0.5, 0.6) is 11.5 Å². The second-order valence-electron chi connectivity index (χ2n) is 7.76. The Kier molecular flexibility index (Phi) is 6.58. The number of esters is 1. The fourth-order valence-electron chi connectivity index (χ4n) is 4.01. The molecule has 0 aromatic heterocycles. The Morgan fingerprint density at radius 1 is 1.15 bits per heavy atom. The molecule has 1 saturated carbocycles. The number of rotatable bonds is 7. The van der Waals surface area contributed by atoms with Crippen LogP contribution in [0, 0.1) is 16.0 Å². The summed E-state index contributed by atoms with van der Waals surface area (Å²) in [6.45, 7) is 2.32. The largest absolute Gasteiger partial charge is 0.493 e. The Morgan fingerprint density at radius 3 is 2.70 bits per heavy atom. The van der Waals surface area contributed by atoms with E-state index >= 15 is 0 Å². The third-order valence-corrected chi connectivity index (χ3v) is 5.61. The number of allylic oxidation sites excluding steroid dienone is 1. The first-order valence-electron chi connectivity index (χ1n) is 10.7. The van der Waals surface area contributed by atoms with Crippen LogP contribution < -0.4 is 9.47 Å². The highest BCUT2D eigenvalue weighted by Crippen LogP contribution is 2.37. The molecule has 9 nitrogen and oxygen atoms in total. The van der Waals surface area contributed by atoms with Gasteiger partial charge in [0.15, 0.2) is 11.5 Å². The van der Waals surface area contributed by atoms with Crippen LogP contribution >= 0.6 is 0 Å². The van der Waals surface area contributed by atoms with E-state index in [2.05, 4.69) is 0 Å². The van der Waals surface area contributed by atoms with Crippen LogP contribution in [0.25, 0.3) is 0 Å². The number of nitro benzene ring substituents is 1. The van der Waals surface area contributed by atoms with Crippen LogP contribution in [0.15, 0.2) is 60.6 Å². The number of nitrogens with zero attached hydrogens (tertiary/aromatic N) is 1. The van der Waals surface area contributed by atoms with E-state index in [0.717, 1.165) is 0 Å². The first-order valence-corrected chi connectivity index (χ1v) is 10.7. The minimum Gasteiger partial charge on any atom is -0.493 e. The molecule has 0 radical (unpaired) electrons. The van der Waals surface area contributed by atoms with Crippen molar-refractivity contribution in [3.63, 3.8) is 0 Å². The maximum atomic E-state index is 13.0. The lowest BCUT2D eigenvalue weighted by Crippen LogP contribution is -2.43. The van der Waals surface area contributed by atoms with Crippen LogP contribution in [0.1, 0.15) is 36.5 Å². The number of para-hydroxylation sites is 2. The molecule has 33 heavy (non-hydrogen) atoms. The maximum Gasteiger partial charge on any atom is 0.338 e. The Labute approximate surface area is 190 Å². The molecular weight excluding hydrogens is 430 g/mol. The second kappa shape index (κ2) is 9.72. The third-order valence-electron chi connectivity index (χ3n) is 5.61. The van der Waals surface area contributed by atoms with Gasteiger partial charge in [-0.3, -0.25) is 14.9 Å². The molecule has 1 aliphatic heterocycles. The first-order chi connectivity index (χ1) is 16.0. The predicted molar refractivity (Wildman–Crippen MR) is 116 cm³/mol. The molecule has 2 aromatic carbocycles. The van der Waals surface area contributed by atoms with Crippen molar-refractivity contribution in [3.8, 4) is 11.5 Å². The van der Waals surface area contributed by atoms with Gasteiger partial charge in [-0.2, -0.15) is 0 Å². The van der Waals surface area contributed by atoms with Crippen molar-refractivity contribution in [3.05, 3.63) is 76.2 Å². The lowest BCUT2D eigenvalue weighted by atomic mass is 9.80. The highest BCUT2D eigenvalue weighted by molar-refractivity contribution is 5.96. The summed E-state index contributed by atoms with van der Waals surface area (Å²) in [6.07, 6.45) is 1.68. The minimum atomic E-state index is -0.642. The summed E-state index contributed by atoms with van der Waals surface area (Å²) in [7, 11) is 0. The van der Waals surface area contributed by atoms with Gasteiger partial charge in [0.1, 0.15) is 18.5 Å². The van der Waals surface area contributed by atoms with E-state index in [1.165, 1.54) is 30.5 Å². The molecule has 1 aliphatic carbocycles. The molecule has 0 bridgehead atoms. The molecule has 0 spiro atoms. The highest BCUT2D eigenvalue weighted by Gasteiger charge is 2.42. The van der Waals surface area contributed by atoms with Crippen molar-refractivity contribution in [2.75, 3.05) is 6.61 Å². The molecule has 4 rings (SSSR count). The van der Waals surface area contributed by atoms with E-state index in [9.17, 15) is 19.7 Å². The summed E-state index contributed by atoms with van der Waals surface area (Å²) in [5.74, 6) is -0.141. The summed E-state index contributed by atoms with van der Waals surface area (Å²) in [6, 6.07) is 12.5. The monoisotopic (exact) mass is 453 g/mol. The van der Waals surface area contributed by atoms with E-state index < -0.39 is 29.0 Å². The van der Waals surface area contributed by atoms with Crippen LogP contribution in [0.3, 0.4) is 0 Å². The van der Waals surface area contributed by atoms with Gasteiger partial charge in [0, 0.05) is 18.6 Å². The zero-order valence-electron chi connectivity index (χ0n) is 18.0. The van der Waals surface area contributed by atoms with Gasteiger partial charge >= 0.3 is 5.97 Å². The fourth-order valence-corrected chi connectivity index (χ4v) is 4.01. The van der Waals surface area contributed by atoms with Gasteiger partial charge in [-0.15, -0.1) is 0 Å². The molecule has 172 valence electrons. The van der Waals surface area contributed by atoms with E-state index in [0.29, 0.717) is 37.4 Å². The molecule has 1 fully saturated rings. The molecule has 9 heteroatoms. The molecule has 1 heterocycles. The summed E-state index contributed by atoms with van der Waals surface area (Å²) >= 11 is 0. The Balaban J connectivity index is 1.40. The van der Waals surface area contributed by atoms with Crippen LogP contribution in [0.4, 0.5) is 5.69 Å². The average molecular weight is 453 g/mol. The zero-order chi connectivity index (χ0) is 23.4. The van der Waals surface area contributed by atoms with Gasteiger partial charge in [-0.05, 0) is 38.0 Å². The standard InChI is InChI=1S/C24H23NO8/c1-2-30-19-8-3-4-9-20(19)33-22-14-31-21-13-17(10-11-18(21)23(22)26)32-24(27)15-6-5-7-16(12-15)25(28)29/h3-9,12,14,17-18,21H,2,10-11,13H2,1H3. The summed E-state index contributed by atoms with van der Waals surface area (Å²) in [4.78, 5) is 35.8. The second-order valence-corrected chi connectivity index (χ2v) is 7.76. The number of benzene rings is 2. The maximum absolute atomic E-state index is 13.0. The van der Waals surface area contributed by atoms with Gasteiger partial charge in [0.2, 0.25) is 11.5 Å². The van der Waals surface area contributed by atoms with Gasteiger partial charge in [-0.1, -0.05) is 18.2 Å². The SMILES string of the molecule is CCOc1ccccc1OC1=COC2CC(OC(=O)c3cccc([N+](=O)[O-])c3)CCC2C1=O. The van der Waals surface area contributed by atoms with Crippen LogP contribution in [0.2, 0.25) is 0 Å². The molecule has 0 N–H and O–H groups in total. The zero-order valence-corrected chi connectivity index (χ0v) is 18.0. The number of hydrogen-bond acceptors (Lipinski definition) is 8. The number of nitro groups is 1. The van der Waals surface area contributed by atoms with Gasteiger partial charge < -0.3 is 18.9 Å². The Bertz CT molecular complexity index is 1100. The predicted octanol–water partition coefficient (Wildman–Crippen LogP) is 4.21. The molecule has 2 aromatic rings. The average Bonchev–Trinajstić information content (AvgIpc) is 2.82. The number of non-ortho nitro benzene ring substituents is 1. The lowest BCUT2D eigenvalue weighted by molar-refractivity contribution is -0.384. The van der Waals surface area contributed by atoms with E-state index in [1.54, 1.807) is 18.2 Å². The van der Waals surface area contributed by atoms with Crippen molar-refractivity contribution >= 4 is 17.4 Å². The first kappa shape index (κ1) is 22.3. The van der Waals surface area contributed by atoms with E-state index in [1.807, 2.05) is 13.0 Å². The molecule has 0 amide bonds. The molecular formula is C24H23NO8. The smallest absolute Gasteiger partial charge is 0.338 e. The van der Waals surface area contributed by atoms with Crippen molar-refractivity contribution in [1.82, 2.24) is 0 Å². The Hall–Kier alpha value is -3.88. The number of carbonyl (C=O) groups is 2. The molecule has 2 aliphatic rings. The molecule has 3 atom stereocenters. The molecule has 3 unspecified atom stereocenters. The number of Topliss-reactive ketones (excluding diaryl/α,β-unsaturated/α-hetero) is 1. The minimum absolute atomic E-state index is 0.107. The number of hydrogen-bond donors (Lipinski definition) is 0. The van der Waals surface area contributed by atoms with Crippen molar-refractivity contribution < 1.29 is 33.5 Å². The molecule has 0 saturated heterocycles. The number of ketones is 1. The third kappa shape index (κ3) is 4.97. The van der Waals surface area contributed by atoms with Gasteiger partial charge in [0.05, 0.1) is 23.0 Å². The topological polar surface area (TPSA) is 114 Å². The number of carbonyl (C=O) groups excluding carboxylic acids is 2. The quantitative estimate of drug-likeness (QED) is 0.348. The van der Waals surface area contributed by atoms with Crippen LogP contribution in [-0.4, -0.2) is 35.5 Å². The summed E-state index contributed by atoms with van der Waals surface area (Å²) in [5, 5.41) is 10.9. The van der Waals surface area contributed by atoms with Crippen molar-refractivity contribution in [2.45, 2.75) is 38.4 Å².